The molecule has 0 atom stereocenters. The summed E-state index contributed by atoms with van der Waals surface area (Å²) in [6.45, 7) is 0. The molecule has 0 aliphatic heterocycles. The van der Waals surface area contributed by atoms with E-state index < -0.39 is 9.84 Å². The van der Waals surface area contributed by atoms with Gasteiger partial charge in [-0.3, -0.25) is 4.79 Å². The number of carbonyl (C=O) groups is 1. The van der Waals surface area contributed by atoms with E-state index in [1.165, 1.54) is 0 Å². The largest absolute Gasteiger partial charge is 0.294 e. The number of Topliss-reactive ketones (excluding diaryl/α,β-unsaturated/α-hetero) is 1. The average molecular weight is 403 g/mol. The molecule has 5 heteroatoms. The highest BCUT2D eigenvalue weighted by molar-refractivity contribution is 9.10. The summed E-state index contributed by atoms with van der Waals surface area (Å²) in [5.74, 6) is -0.359. The van der Waals surface area contributed by atoms with Gasteiger partial charge in [-0.05, 0) is 41.1 Å². The van der Waals surface area contributed by atoms with Crippen LogP contribution in [-0.4, -0.2) is 20.0 Å². The molecule has 0 aromatic heterocycles. The van der Waals surface area contributed by atoms with E-state index in [0.29, 0.717) is 5.56 Å². The lowest BCUT2D eigenvalue weighted by atomic mass is 10.0. The van der Waals surface area contributed by atoms with Crippen molar-refractivity contribution in [3.05, 3.63) is 76.8 Å². The molecule has 0 aliphatic carbocycles. The molecule has 0 amide bonds. The van der Waals surface area contributed by atoms with Crippen LogP contribution in [0.15, 0.2) is 76.1 Å². The van der Waals surface area contributed by atoms with Crippen LogP contribution in [0, 0.1) is 0 Å². The molecule has 0 heterocycles. The van der Waals surface area contributed by atoms with Crippen molar-refractivity contribution in [2.75, 3.05) is 5.75 Å². The SMILES string of the molecule is O=C(CCS(=O)(=O)c1ccc(Br)cc1)c1ccc2ccccc2c1. The lowest BCUT2D eigenvalue weighted by Crippen LogP contribution is -2.11. The molecule has 3 aromatic carbocycles. The number of sulfone groups is 1. The minimum atomic E-state index is -3.46. The molecule has 0 bridgehead atoms. The molecule has 0 N–H and O–H groups in total. The van der Waals surface area contributed by atoms with Gasteiger partial charge in [0.1, 0.15) is 0 Å². The van der Waals surface area contributed by atoms with Crippen LogP contribution in [0.25, 0.3) is 10.8 Å². The number of ketones is 1. The maximum absolute atomic E-state index is 12.3. The molecular formula is C19H15BrO3S. The highest BCUT2D eigenvalue weighted by Gasteiger charge is 2.17. The van der Waals surface area contributed by atoms with Crippen molar-refractivity contribution >= 4 is 42.3 Å². The van der Waals surface area contributed by atoms with Gasteiger partial charge in [-0.2, -0.15) is 0 Å². The first-order chi connectivity index (χ1) is 11.5. The Morgan fingerprint density at radius 3 is 2.25 bits per heavy atom. The maximum Gasteiger partial charge on any atom is 0.178 e. The van der Waals surface area contributed by atoms with Crippen molar-refractivity contribution in [1.82, 2.24) is 0 Å². The molecule has 122 valence electrons. The van der Waals surface area contributed by atoms with Gasteiger partial charge < -0.3 is 0 Å². The van der Waals surface area contributed by atoms with Gasteiger partial charge in [-0.1, -0.05) is 52.3 Å². The molecule has 0 fully saturated rings. The van der Waals surface area contributed by atoms with E-state index in [9.17, 15) is 13.2 Å². The Morgan fingerprint density at radius 1 is 0.875 bits per heavy atom. The molecule has 3 aromatic rings. The fourth-order valence-electron chi connectivity index (χ4n) is 2.49. The zero-order chi connectivity index (χ0) is 17.2. The summed E-state index contributed by atoms with van der Waals surface area (Å²) in [5, 5.41) is 2.02. The third-order valence-corrected chi connectivity index (χ3v) is 6.10. The van der Waals surface area contributed by atoms with Crippen LogP contribution in [0.5, 0.6) is 0 Å². The third kappa shape index (κ3) is 3.74. The summed E-state index contributed by atoms with van der Waals surface area (Å²) in [7, 11) is -3.46. The van der Waals surface area contributed by atoms with Gasteiger partial charge in [0.2, 0.25) is 0 Å². The lowest BCUT2D eigenvalue weighted by Gasteiger charge is -2.06. The van der Waals surface area contributed by atoms with Gasteiger partial charge in [0.25, 0.3) is 0 Å². The van der Waals surface area contributed by atoms with E-state index >= 15 is 0 Å². The predicted octanol–water partition coefficient (Wildman–Crippen LogP) is 4.65. The zero-order valence-electron chi connectivity index (χ0n) is 12.8. The minimum Gasteiger partial charge on any atom is -0.294 e. The average Bonchev–Trinajstić information content (AvgIpc) is 2.59. The normalized spacial score (nSPS) is 11.5. The molecule has 0 saturated carbocycles. The smallest absolute Gasteiger partial charge is 0.178 e. The summed E-state index contributed by atoms with van der Waals surface area (Å²) in [6, 6.07) is 19.6. The van der Waals surface area contributed by atoms with Crippen LogP contribution in [0.1, 0.15) is 16.8 Å². The minimum absolute atomic E-state index is 0.0310. The van der Waals surface area contributed by atoms with Crippen LogP contribution in [0.4, 0.5) is 0 Å². The first kappa shape index (κ1) is 16.9. The summed E-state index contributed by atoms with van der Waals surface area (Å²) >= 11 is 3.28. The summed E-state index contributed by atoms with van der Waals surface area (Å²) in [4.78, 5) is 12.6. The Hall–Kier alpha value is -1.98. The Bertz CT molecular complexity index is 993. The van der Waals surface area contributed by atoms with E-state index in [0.717, 1.165) is 15.2 Å². The Labute approximate surface area is 149 Å². The fourth-order valence-corrected chi connectivity index (χ4v) is 4.00. The second-order valence-corrected chi connectivity index (χ2v) is 8.53. The zero-order valence-corrected chi connectivity index (χ0v) is 15.2. The molecule has 3 nitrogen and oxygen atoms in total. The predicted molar refractivity (Wildman–Crippen MR) is 99.1 cm³/mol. The van der Waals surface area contributed by atoms with E-state index in [1.807, 2.05) is 36.4 Å². The fraction of sp³-hybridized carbons (Fsp3) is 0.105. The Morgan fingerprint density at radius 2 is 1.54 bits per heavy atom. The molecule has 0 radical (unpaired) electrons. The van der Waals surface area contributed by atoms with Gasteiger partial charge >= 0.3 is 0 Å². The summed E-state index contributed by atoms with van der Waals surface area (Å²) in [6.07, 6.45) is -0.0310. The summed E-state index contributed by atoms with van der Waals surface area (Å²) in [5.41, 5.74) is 0.541. The summed E-state index contributed by atoms with van der Waals surface area (Å²) < 4.78 is 25.5. The number of carbonyl (C=O) groups excluding carboxylic acids is 1. The number of hydrogen-bond acceptors (Lipinski definition) is 3. The molecule has 3 rings (SSSR count). The number of hydrogen-bond donors (Lipinski definition) is 0. The molecule has 24 heavy (non-hydrogen) atoms. The monoisotopic (exact) mass is 402 g/mol. The molecule has 0 aliphatic rings. The van der Waals surface area contributed by atoms with E-state index in [1.54, 1.807) is 30.3 Å². The first-order valence-electron chi connectivity index (χ1n) is 7.46. The molecule has 0 spiro atoms. The molecular weight excluding hydrogens is 388 g/mol. The van der Waals surface area contributed by atoms with Crippen molar-refractivity contribution in [2.24, 2.45) is 0 Å². The second-order valence-electron chi connectivity index (χ2n) is 5.51. The van der Waals surface area contributed by atoms with Crippen molar-refractivity contribution in [2.45, 2.75) is 11.3 Å². The topological polar surface area (TPSA) is 51.2 Å². The van der Waals surface area contributed by atoms with Crippen LogP contribution in [0.2, 0.25) is 0 Å². The Kier molecular flexibility index (Phi) is 4.83. The van der Waals surface area contributed by atoms with Crippen LogP contribution in [-0.2, 0) is 9.84 Å². The van der Waals surface area contributed by atoms with Crippen molar-refractivity contribution in [1.29, 1.82) is 0 Å². The second kappa shape index (κ2) is 6.87. The van der Waals surface area contributed by atoms with Crippen molar-refractivity contribution < 1.29 is 13.2 Å². The quantitative estimate of drug-likeness (QED) is 0.583. The number of halogens is 1. The van der Waals surface area contributed by atoms with Gasteiger partial charge in [0.15, 0.2) is 15.6 Å². The third-order valence-electron chi connectivity index (χ3n) is 3.84. The lowest BCUT2D eigenvalue weighted by molar-refractivity contribution is 0.0989. The van der Waals surface area contributed by atoms with Gasteiger partial charge in [-0.15, -0.1) is 0 Å². The van der Waals surface area contributed by atoms with E-state index in [2.05, 4.69) is 15.9 Å². The van der Waals surface area contributed by atoms with Gasteiger partial charge in [-0.25, -0.2) is 8.42 Å². The number of fused-ring (bicyclic) bond motifs is 1. The van der Waals surface area contributed by atoms with E-state index in [4.69, 9.17) is 0 Å². The number of benzene rings is 3. The number of rotatable bonds is 5. The highest BCUT2D eigenvalue weighted by Crippen LogP contribution is 2.19. The van der Waals surface area contributed by atoms with Gasteiger partial charge in [0, 0.05) is 16.5 Å². The Balaban J connectivity index is 1.75. The van der Waals surface area contributed by atoms with Crippen LogP contribution >= 0.6 is 15.9 Å². The maximum atomic E-state index is 12.3. The standard InChI is InChI=1S/C19H15BrO3S/c20-17-7-9-18(10-8-17)24(22,23)12-11-19(21)16-6-5-14-3-1-2-4-15(14)13-16/h1-10,13H,11-12H2. The van der Waals surface area contributed by atoms with Crippen molar-refractivity contribution in [3.63, 3.8) is 0 Å². The van der Waals surface area contributed by atoms with Crippen molar-refractivity contribution in [3.8, 4) is 0 Å². The highest BCUT2D eigenvalue weighted by atomic mass is 79.9. The van der Waals surface area contributed by atoms with E-state index in [-0.39, 0.29) is 22.9 Å². The molecule has 0 saturated heterocycles. The van der Waals surface area contributed by atoms with Gasteiger partial charge in [0.05, 0.1) is 10.6 Å². The first-order valence-corrected chi connectivity index (χ1v) is 9.90. The van der Waals surface area contributed by atoms with Crippen LogP contribution < -0.4 is 0 Å². The molecule has 0 unspecified atom stereocenters. The van der Waals surface area contributed by atoms with Crippen LogP contribution in [0.3, 0.4) is 0 Å².